The molecule has 2 aliphatic heterocycles. The molecule has 0 aromatic carbocycles. The fraction of sp³-hybridized carbons (Fsp3) is 1.00. The lowest BCUT2D eigenvalue weighted by atomic mass is 9.72. The van der Waals surface area contributed by atoms with E-state index in [4.69, 9.17) is 14.4 Å². The van der Waals surface area contributed by atoms with Gasteiger partial charge in [-0.05, 0) is 112 Å². The summed E-state index contributed by atoms with van der Waals surface area (Å²) >= 11 is 0. The van der Waals surface area contributed by atoms with Gasteiger partial charge < -0.3 is 20.4 Å². The van der Waals surface area contributed by atoms with E-state index in [1.807, 2.05) is 6.92 Å². The number of rotatable bonds is 6. The average Bonchev–Trinajstić information content (AvgIpc) is 3.04. The Hall–Kier alpha value is -0.520. The van der Waals surface area contributed by atoms with Crippen molar-refractivity contribution in [2.75, 3.05) is 0 Å². The smallest absolute Gasteiger partial charge is 0.158 e. The van der Waals surface area contributed by atoms with Crippen molar-refractivity contribution in [3.63, 3.8) is 0 Å². The SMILES string of the molecule is CC1CCC(C(OO)C2CCC3CC(C)C(F)C(F)C3O2)CC1.CC1CCC(CCC2CCC3CC(C)C(F)C(F)C3O2)CC1.O.O.[HH].[HH]. The standard InChI is InChI=1S/C19H32F2O.C18H30F2O3.2H2O.2H2/c1-12-3-5-14(6-4-12)7-9-16-10-8-15-11-13(2)17(20)18(21)19(15)22-16;1-10-3-5-12(6-4-10)17(23-21)14-8-7-13-9-11(2)15(19)16(20)18(13)22-14;;;;/h12-19H,3-11H2,1-2H3;10-18,21H,3-9H2,1-2H3;2*1H2;2*1H. The first-order valence-corrected chi connectivity index (χ1v) is 18.7. The van der Waals surface area contributed by atoms with Crippen molar-refractivity contribution in [2.24, 2.45) is 47.3 Å². The van der Waals surface area contributed by atoms with Crippen LogP contribution in [0.25, 0.3) is 0 Å². The van der Waals surface area contributed by atoms with Crippen LogP contribution >= 0.6 is 0 Å². The highest BCUT2D eigenvalue weighted by atomic mass is 19.2. The van der Waals surface area contributed by atoms with Crippen molar-refractivity contribution in [3.05, 3.63) is 0 Å². The first kappa shape index (κ1) is 40.9. The van der Waals surface area contributed by atoms with Crippen LogP contribution < -0.4 is 0 Å². The molecule has 6 nitrogen and oxygen atoms in total. The molecule has 4 saturated carbocycles. The maximum absolute atomic E-state index is 14.4. The molecule has 10 heteroatoms. The summed E-state index contributed by atoms with van der Waals surface area (Å²) in [6.45, 7) is 8.20. The van der Waals surface area contributed by atoms with Gasteiger partial charge in [0.15, 0.2) is 12.3 Å². The Labute approximate surface area is 284 Å². The first-order valence-electron chi connectivity index (χ1n) is 18.7. The summed E-state index contributed by atoms with van der Waals surface area (Å²) in [6, 6.07) is 0. The van der Waals surface area contributed by atoms with Gasteiger partial charge in [-0.3, -0.25) is 5.26 Å². The van der Waals surface area contributed by atoms with E-state index in [0.29, 0.717) is 12.3 Å². The van der Waals surface area contributed by atoms with Gasteiger partial charge in [-0.15, -0.1) is 0 Å². The number of ether oxygens (including phenoxy) is 2. The number of alkyl halides is 4. The normalized spacial score (nSPS) is 47.4. The lowest BCUT2D eigenvalue weighted by molar-refractivity contribution is -0.327. The van der Waals surface area contributed by atoms with Crippen LogP contribution in [0.1, 0.15) is 133 Å². The maximum Gasteiger partial charge on any atom is 0.158 e. The van der Waals surface area contributed by atoms with Crippen molar-refractivity contribution in [3.8, 4) is 0 Å². The van der Waals surface area contributed by atoms with Crippen molar-refractivity contribution in [2.45, 2.75) is 186 Å². The summed E-state index contributed by atoms with van der Waals surface area (Å²) < 4.78 is 68.6. The highest BCUT2D eigenvalue weighted by molar-refractivity contribution is 4.98. The fourth-order valence-electron chi connectivity index (χ4n) is 9.83. The molecule has 6 rings (SSSR count). The lowest BCUT2D eigenvalue weighted by Gasteiger charge is -2.47. The maximum atomic E-state index is 14.4. The Morgan fingerprint density at radius 2 is 1.11 bits per heavy atom. The van der Waals surface area contributed by atoms with Crippen LogP contribution in [0.15, 0.2) is 0 Å². The van der Waals surface area contributed by atoms with Gasteiger partial charge in [0.05, 0.1) is 24.4 Å². The molecule has 5 N–H and O–H groups in total. The Morgan fingerprint density at radius 1 is 0.617 bits per heavy atom. The van der Waals surface area contributed by atoms with E-state index in [2.05, 4.69) is 13.8 Å². The minimum Gasteiger partial charge on any atom is -0.412 e. The molecule has 2 saturated heterocycles. The molecular formula is C37H70F4O6. The summed E-state index contributed by atoms with van der Waals surface area (Å²) in [7, 11) is 0. The zero-order valence-electron chi connectivity index (χ0n) is 29.3. The van der Waals surface area contributed by atoms with Crippen LogP contribution in [0.4, 0.5) is 17.6 Å². The predicted molar refractivity (Wildman–Crippen MR) is 180 cm³/mol. The number of hydrogen-bond acceptors (Lipinski definition) is 4. The van der Waals surface area contributed by atoms with Gasteiger partial charge in [-0.25, -0.2) is 22.4 Å². The van der Waals surface area contributed by atoms with Crippen molar-refractivity contribution in [1.29, 1.82) is 0 Å². The Morgan fingerprint density at radius 3 is 1.64 bits per heavy atom. The molecule has 6 aliphatic rings. The molecule has 13 unspecified atom stereocenters. The molecule has 0 amide bonds. The topological polar surface area (TPSA) is 111 Å². The molecule has 6 fully saturated rings. The van der Waals surface area contributed by atoms with Crippen LogP contribution in [0.5, 0.6) is 0 Å². The van der Waals surface area contributed by atoms with Gasteiger partial charge in [-0.2, -0.15) is 0 Å². The highest BCUT2D eigenvalue weighted by Gasteiger charge is 2.50. The van der Waals surface area contributed by atoms with Gasteiger partial charge >= 0.3 is 0 Å². The van der Waals surface area contributed by atoms with Crippen molar-refractivity contribution >= 4 is 0 Å². The van der Waals surface area contributed by atoms with Gasteiger partial charge in [0, 0.05) is 2.85 Å². The number of fused-ring (bicyclic) bond motifs is 2. The summed E-state index contributed by atoms with van der Waals surface area (Å²) in [4.78, 5) is 4.79. The second-order valence-corrected chi connectivity index (χ2v) is 16.5. The minimum absolute atomic E-state index is 0. The highest BCUT2D eigenvalue weighted by Crippen LogP contribution is 2.45. The van der Waals surface area contributed by atoms with E-state index in [9.17, 15) is 22.8 Å². The zero-order valence-corrected chi connectivity index (χ0v) is 29.3. The van der Waals surface area contributed by atoms with E-state index in [0.717, 1.165) is 76.0 Å². The Balaban J connectivity index is 0.000000453. The molecule has 0 aromatic heterocycles. The Kier molecular flexibility index (Phi) is 16.2. The van der Waals surface area contributed by atoms with E-state index in [1.165, 1.54) is 32.1 Å². The molecule has 2 heterocycles. The van der Waals surface area contributed by atoms with Crippen LogP contribution in [0.3, 0.4) is 0 Å². The van der Waals surface area contributed by atoms with Crippen LogP contribution in [-0.2, 0) is 14.4 Å². The third-order valence-electron chi connectivity index (χ3n) is 13.0. The minimum atomic E-state index is -1.56. The summed E-state index contributed by atoms with van der Waals surface area (Å²) in [5.41, 5.74) is 0. The van der Waals surface area contributed by atoms with Gasteiger partial charge in [-0.1, -0.05) is 66.2 Å². The largest absolute Gasteiger partial charge is 0.412 e. The van der Waals surface area contributed by atoms with Crippen molar-refractivity contribution in [1.82, 2.24) is 0 Å². The quantitative estimate of drug-likeness (QED) is 0.171. The van der Waals surface area contributed by atoms with E-state index >= 15 is 0 Å². The van der Waals surface area contributed by atoms with Gasteiger partial charge in [0.25, 0.3) is 0 Å². The van der Waals surface area contributed by atoms with Crippen LogP contribution in [-0.4, -0.2) is 71.4 Å². The molecular weight excluding hydrogens is 616 g/mol. The van der Waals surface area contributed by atoms with E-state index in [1.54, 1.807) is 6.92 Å². The average molecular weight is 687 g/mol. The van der Waals surface area contributed by atoms with Gasteiger partial charge in [0.2, 0.25) is 0 Å². The molecule has 47 heavy (non-hydrogen) atoms. The number of halogens is 4. The van der Waals surface area contributed by atoms with Gasteiger partial charge in [0.1, 0.15) is 18.4 Å². The monoisotopic (exact) mass is 687 g/mol. The second-order valence-electron chi connectivity index (χ2n) is 16.5. The second kappa shape index (κ2) is 18.6. The first-order chi connectivity index (χ1) is 21.5. The summed E-state index contributed by atoms with van der Waals surface area (Å²) in [5, 5.41) is 9.40. The fourth-order valence-corrected chi connectivity index (χ4v) is 9.83. The molecule has 0 radical (unpaired) electrons. The molecule has 0 spiro atoms. The third kappa shape index (κ3) is 10.1. The summed E-state index contributed by atoms with van der Waals surface area (Å²) in [5.74, 6) is 2.62. The number of hydrogen-bond donors (Lipinski definition) is 1. The van der Waals surface area contributed by atoms with Crippen molar-refractivity contribution < 1.29 is 51.0 Å². The summed E-state index contributed by atoms with van der Waals surface area (Å²) in [6.07, 6.45) is 9.57. The lowest BCUT2D eigenvalue weighted by Crippen LogP contribution is -2.54. The molecule has 13 atom stereocenters. The van der Waals surface area contributed by atoms with Crippen LogP contribution in [0, 0.1) is 47.3 Å². The molecule has 4 aliphatic carbocycles. The predicted octanol–water partition coefficient (Wildman–Crippen LogP) is 8.87. The molecule has 282 valence electrons. The van der Waals surface area contributed by atoms with Crippen LogP contribution in [0.2, 0.25) is 0 Å². The molecule has 0 aromatic rings. The van der Waals surface area contributed by atoms with E-state index < -0.39 is 43.0 Å². The third-order valence-corrected chi connectivity index (χ3v) is 13.0. The zero-order chi connectivity index (χ0) is 32.2. The molecule has 0 bridgehead atoms. The van der Waals surface area contributed by atoms with E-state index in [-0.39, 0.29) is 55.6 Å². The Bertz CT molecular complexity index is 895.